The summed E-state index contributed by atoms with van der Waals surface area (Å²) < 4.78 is 21.2. The Bertz CT molecular complexity index is 173. The zero-order valence-electron chi connectivity index (χ0n) is 7.28. The minimum atomic E-state index is -2.95. The Balaban J connectivity index is 3.79. The van der Waals surface area contributed by atoms with Gasteiger partial charge >= 0.3 is 7.60 Å². The summed E-state index contributed by atoms with van der Waals surface area (Å²) in [6, 6.07) is 0. The van der Waals surface area contributed by atoms with Gasteiger partial charge in [-0.3, -0.25) is 13.9 Å². The smallest absolute Gasteiger partial charge is 0.332 e. The lowest BCUT2D eigenvalue weighted by Crippen LogP contribution is -2.15. The van der Waals surface area contributed by atoms with Crippen molar-refractivity contribution in [2.24, 2.45) is 0 Å². The van der Waals surface area contributed by atoms with E-state index in [0.717, 1.165) is 0 Å². The number of carbonyl (C=O) groups is 1. The van der Waals surface area contributed by atoms with Crippen LogP contribution in [-0.2, 0) is 18.4 Å². The predicted molar refractivity (Wildman–Crippen MR) is 44.9 cm³/mol. The first-order valence-electron chi connectivity index (χ1n) is 3.73. The molecule has 0 aliphatic heterocycles. The van der Waals surface area contributed by atoms with Crippen molar-refractivity contribution < 1.29 is 18.4 Å². The second kappa shape index (κ2) is 6.17. The van der Waals surface area contributed by atoms with E-state index < -0.39 is 7.60 Å². The van der Waals surface area contributed by atoms with Crippen molar-refractivity contribution in [1.29, 1.82) is 0 Å². The number of hydrogen-bond donors (Lipinski definition) is 1. The summed E-state index contributed by atoms with van der Waals surface area (Å²) in [4.78, 5) is 9.82. The van der Waals surface area contributed by atoms with Crippen LogP contribution in [0.1, 0.15) is 13.8 Å². The first-order valence-corrected chi connectivity index (χ1v) is 5.46. The summed E-state index contributed by atoms with van der Waals surface area (Å²) in [6.45, 7) is 3.71. The van der Waals surface area contributed by atoms with Gasteiger partial charge in [0.05, 0.1) is 6.61 Å². The molecule has 0 aromatic rings. The molecule has 72 valence electrons. The number of nitrogens with one attached hydrogen (secondary N) is 1. The first kappa shape index (κ1) is 11.6. The summed E-state index contributed by atoms with van der Waals surface area (Å²) in [5.74, 6) is 0. The van der Waals surface area contributed by atoms with Crippen LogP contribution < -0.4 is 5.32 Å². The average Bonchev–Trinajstić information content (AvgIpc) is 2.06. The van der Waals surface area contributed by atoms with E-state index in [2.05, 4.69) is 5.32 Å². The van der Waals surface area contributed by atoms with E-state index in [4.69, 9.17) is 9.05 Å². The second-order valence-corrected chi connectivity index (χ2v) is 4.31. The predicted octanol–water partition coefficient (Wildman–Crippen LogP) is 0.956. The van der Waals surface area contributed by atoms with E-state index in [0.29, 0.717) is 19.2 Å². The maximum absolute atomic E-state index is 11.5. The van der Waals surface area contributed by atoms with E-state index in [1.807, 2.05) is 0 Å². The largest absolute Gasteiger partial charge is 0.335 e. The Labute approximate surface area is 72.0 Å². The monoisotopic (exact) mass is 195 g/mol. The van der Waals surface area contributed by atoms with Crippen LogP contribution in [0.4, 0.5) is 0 Å². The lowest BCUT2D eigenvalue weighted by atomic mass is 10.9. The Kier molecular flexibility index (Phi) is 5.98. The second-order valence-electron chi connectivity index (χ2n) is 1.94. The van der Waals surface area contributed by atoms with Gasteiger partial charge < -0.3 is 9.84 Å². The van der Waals surface area contributed by atoms with Crippen molar-refractivity contribution in [2.45, 2.75) is 13.8 Å². The highest BCUT2D eigenvalue weighted by atomic mass is 31.2. The molecule has 5 nitrogen and oxygen atoms in total. The standard InChI is InChI=1S/C6H14NO4P/c1-3-10-12(9,4-2)11-6-7-5-8/h5H,3-4,6H2,1-2H3,(H,7,8). The summed E-state index contributed by atoms with van der Waals surface area (Å²) in [5, 5.41) is 2.24. The third-order valence-corrected chi connectivity index (χ3v) is 3.09. The highest BCUT2D eigenvalue weighted by Gasteiger charge is 2.20. The lowest BCUT2D eigenvalue weighted by molar-refractivity contribution is -0.110. The molecular weight excluding hydrogens is 181 g/mol. The Morgan fingerprint density at radius 2 is 2.08 bits per heavy atom. The first-order chi connectivity index (χ1) is 5.68. The van der Waals surface area contributed by atoms with Crippen LogP contribution in [0.3, 0.4) is 0 Å². The van der Waals surface area contributed by atoms with Gasteiger partial charge in [-0.25, -0.2) is 0 Å². The van der Waals surface area contributed by atoms with Crippen LogP contribution in [0.5, 0.6) is 0 Å². The fourth-order valence-electron chi connectivity index (χ4n) is 0.586. The molecule has 0 radical (unpaired) electrons. The van der Waals surface area contributed by atoms with E-state index >= 15 is 0 Å². The van der Waals surface area contributed by atoms with Gasteiger partial charge in [0.15, 0.2) is 0 Å². The topological polar surface area (TPSA) is 64.6 Å². The van der Waals surface area contributed by atoms with Crippen molar-refractivity contribution in [3.8, 4) is 0 Å². The van der Waals surface area contributed by atoms with Crippen LogP contribution in [0.25, 0.3) is 0 Å². The van der Waals surface area contributed by atoms with Crippen molar-refractivity contribution in [2.75, 3.05) is 19.5 Å². The molecule has 1 N–H and O–H groups in total. The molecule has 1 atom stereocenters. The van der Waals surface area contributed by atoms with E-state index in [1.165, 1.54) is 0 Å². The molecule has 6 heteroatoms. The van der Waals surface area contributed by atoms with Gasteiger partial charge in [0.2, 0.25) is 6.41 Å². The number of carbonyl (C=O) groups excluding carboxylic acids is 1. The van der Waals surface area contributed by atoms with Crippen LogP contribution in [0, 0.1) is 0 Å². The molecule has 0 rings (SSSR count). The van der Waals surface area contributed by atoms with E-state index in [1.54, 1.807) is 13.8 Å². The van der Waals surface area contributed by atoms with Crippen LogP contribution in [0.2, 0.25) is 0 Å². The molecule has 0 fully saturated rings. The van der Waals surface area contributed by atoms with Crippen molar-refractivity contribution in [1.82, 2.24) is 5.32 Å². The minimum Gasteiger partial charge on any atom is -0.335 e. The fourth-order valence-corrected chi connectivity index (χ4v) is 1.69. The molecule has 1 amide bonds. The van der Waals surface area contributed by atoms with Crippen LogP contribution >= 0.6 is 7.60 Å². The normalized spacial score (nSPS) is 15.2. The molecule has 0 aromatic heterocycles. The quantitative estimate of drug-likeness (QED) is 0.284. The molecule has 0 aliphatic carbocycles. The number of rotatable bonds is 7. The van der Waals surface area contributed by atoms with Gasteiger partial charge in [0, 0.05) is 6.16 Å². The fraction of sp³-hybridized carbons (Fsp3) is 0.833. The highest BCUT2D eigenvalue weighted by molar-refractivity contribution is 7.53. The Morgan fingerprint density at radius 3 is 2.50 bits per heavy atom. The maximum Gasteiger partial charge on any atom is 0.332 e. The van der Waals surface area contributed by atoms with E-state index in [-0.39, 0.29) is 6.73 Å². The molecule has 0 saturated heterocycles. The molecule has 0 heterocycles. The molecule has 0 aromatic carbocycles. The zero-order chi connectivity index (χ0) is 9.45. The van der Waals surface area contributed by atoms with Crippen molar-refractivity contribution in [3.63, 3.8) is 0 Å². The van der Waals surface area contributed by atoms with Gasteiger partial charge in [-0.15, -0.1) is 0 Å². The van der Waals surface area contributed by atoms with Gasteiger partial charge in [-0.05, 0) is 6.92 Å². The highest BCUT2D eigenvalue weighted by Crippen LogP contribution is 2.46. The third-order valence-electron chi connectivity index (χ3n) is 1.14. The molecular formula is C6H14NO4P. The zero-order valence-corrected chi connectivity index (χ0v) is 8.17. The SMILES string of the molecule is CCOP(=O)(CC)OCNC=O. The number of hydrogen-bond acceptors (Lipinski definition) is 4. The third kappa shape index (κ3) is 4.49. The molecule has 0 bridgehead atoms. The molecule has 12 heavy (non-hydrogen) atoms. The van der Waals surface area contributed by atoms with Crippen molar-refractivity contribution in [3.05, 3.63) is 0 Å². The van der Waals surface area contributed by atoms with Crippen LogP contribution in [0.15, 0.2) is 0 Å². The summed E-state index contributed by atoms with van der Waals surface area (Å²) >= 11 is 0. The van der Waals surface area contributed by atoms with Crippen LogP contribution in [-0.4, -0.2) is 25.9 Å². The molecule has 0 saturated carbocycles. The summed E-state index contributed by atoms with van der Waals surface area (Å²) in [5.41, 5.74) is 0. The number of amides is 1. The Morgan fingerprint density at radius 1 is 1.42 bits per heavy atom. The lowest BCUT2D eigenvalue weighted by Gasteiger charge is -2.14. The van der Waals surface area contributed by atoms with Crippen molar-refractivity contribution >= 4 is 14.0 Å². The Hall–Kier alpha value is -0.380. The van der Waals surface area contributed by atoms with Gasteiger partial charge in [-0.1, -0.05) is 6.92 Å². The molecule has 0 aliphatic rings. The summed E-state index contributed by atoms with van der Waals surface area (Å²) in [7, 11) is -2.95. The van der Waals surface area contributed by atoms with Gasteiger partial charge in [0.25, 0.3) is 0 Å². The molecule has 1 unspecified atom stereocenters. The minimum absolute atomic E-state index is 0.0748. The molecule has 0 spiro atoms. The maximum atomic E-state index is 11.5. The average molecular weight is 195 g/mol. The van der Waals surface area contributed by atoms with E-state index in [9.17, 15) is 9.36 Å². The van der Waals surface area contributed by atoms with Gasteiger partial charge in [0.1, 0.15) is 6.73 Å². The summed E-state index contributed by atoms with van der Waals surface area (Å²) in [6.07, 6.45) is 0.785. The van der Waals surface area contributed by atoms with Gasteiger partial charge in [-0.2, -0.15) is 0 Å².